The number of rotatable bonds is 5. The summed E-state index contributed by atoms with van der Waals surface area (Å²) >= 11 is 0. The normalized spacial score (nSPS) is 17.8. The van der Waals surface area contributed by atoms with Gasteiger partial charge in [-0.25, -0.2) is 0 Å². The second kappa shape index (κ2) is 8.17. The summed E-state index contributed by atoms with van der Waals surface area (Å²) in [5, 5.41) is 6.86. The minimum atomic E-state index is -0.341. The summed E-state index contributed by atoms with van der Waals surface area (Å²) in [5.74, 6) is 0.770. The number of nitrogens with zero attached hydrogens (tertiary/aromatic N) is 5. The number of carbonyl (C=O) groups excluding carboxylic acids is 1. The molecule has 0 spiro atoms. The van der Waals surface area contributed by atoms with Crippen LogP contribution in [-0.2, 0) is 4.79 Å². The molecule has 3 heterocycles. The third-order valence-electron chi connectivity index (χ3n) is 4.26. The molecule has 1 aliphatic rings. The van der Waals surface area contributed by atoms with E-state index >= 15 is 0 Å². The van der Waals surface area contributed by atoms with Crippen LogP contribution in [0.5, 0.6) is 0 Å². The van der Waals surface area contributed by atoms with Crippen molar-refractivity contribution in [2.24, 2.45) is 0 Å². The van der Waals surface area contributed by atoms with Crippen molar-refractivity contribution in [3.8, 4) is 11.5 Å². The maximum atomic E-state index is 12.3. The van der Waals surface area contributed by atoms with E-state index in [0.29, 0.717) is 24.0 Å². The minimum Gasteiger partial charge on any atom is -0.343 e. The summed E-state index contributed by atoms with van der Waals surface area (Å²) in [6.45, 7) is 6.13. The van der Waals surface area contributed by atoms with Gasteiger partial charge in [0.1, 0.15) is 11.7 Å². The molecule has 0 saturated carbocycles. The molecule has 8 nitrogen and oxygen atoms in total. The third kappa shape index (κ3) is 4.83. The molecule has 3 rings (SSSR count). The molecule has 1 atom stereocenters. The van der Waals surface area contributed by atoms with E-state index in [1.54, 1.807) is 6.20 Å². The quantitative estimate of drug-likeness (QED) is 0.864. The van der Waals surface area contributed by atoms with Gasteiger partial charge in [0, 0.05) is 19.3 Å². The van der Waals surface area contributed by atoms with E-state index in [0.717, 1.165) is 32.6 Å². The molecule has 0 bridgehead atoms. The first-order valence-electron chi connectivity index (χ1n) is 8.57. The van der Waals surface area contributed by atoms with E-state index in [1.807, 2.05) is 25.1 Å². The number of hydrogen-bond acceptors (Lipinski definition) is 7. The van der Waals surface area contributed by atoms with Gasteiger partial charge in [0.05, 0.1) is 6.54 Å². The SMILES string of the molecule is C[C@@H](NC(=O)CN1CCCN(C)CC1)c1nc(-c2ccccn2)no1. The number of amides is 1. The summed E-state index contributed by atoms with van der Waals surface area (Å²) in [7, 11) is 2.11. The first-order chi connectivity index (χ1) is 12.1. The molecule has 1 saturated heterocycles. The van der Waals surface area contributed by atoms with Gasteiger partial charge in [0.25, 0.3) is 0 Å². The molecule has 2 aromatic rings. The molecule has 0 radical (unpaired) electrons. The summed E-state index contributed by atoms with van der Waals surface area (Å²) < 4.78 is 5.27. The zero-order valence-electron chi connectivity index (χ0n) is 14.7. The van der Waals surface area contributed by atoms with E-state index in [1.165, 1.54) is 0 Å². The lowest BCUT2D eigenvalue weighted by molar-refractivity contribution is -0.123. The molecule has 134 valence electrons. The molecular weight excluding hydrogens is 320 g/mol. The lowest BCUT2D eigenvalue weighted by Gasteiger charge is -2.20. The van der Waals surface area contributed by atoms with Crippen LogP contribution in [0, 0.1) is 0 Å². The minimum absolute atomic E-state index is 0.0327. The highest BCUT2D eigenvalue weighted by Crippen LogP contribution is 2.16. The second-order valence-corrected chi connectivity index (χ2v) is 6.39. The fraction of sp³-hybridized carbons (Fsp3) is 0.529. The van der Waals surface area contributed by atoms with Crippen LogP contribution in [0.15, 0.2) is 28.9 Å². The molecular formula is C17H24N6O2. The van der Waals surface area contributed by atoms with Gasteiger partial charge in [0.15, 0.2) is 0 Å². The van der Waals surface area contributed by atoms with Crippen molar-refractivity contribution in [1.82, 2.24) is 30.2 Å². The maximum absolute atomic E-state index is 12.3. The van der Waals surface area contributed by atoms with Gasteiger partial charge in [-0.15, -0.1) is 0 Å². The Morgan fingerprint density at radius 2 is 2.20 bits per heavy atom. The Balaban J connectivity index is 1.54. The van der Waals surface area contributed by atoms with Gasteiger partial charge < -0.3 is 14.7 Å². The molecule has 0 unspecified atom stereocenters. The average molecular weight is 344 g/mol. The van der Waals surface area contributed by atoms with Crippen LogP contribution in [0.3, 0.4) is 0 Å². The molecule has 1 amide bonds. The van der Waals surface area contributed by atoms with Crippen molar-refractivity contribution in [3.63, 3.8) is 0 Å². The fourth-order valence-corrected chi connectivity index (χ4v) is 2.82. The largest absolute Gasteiger partial charge is 0.343 e. The summed E-state index contributed by atoms with van der Waals surface area (Å²) in [6, 6.07) is 5.16. The Morgan fingerprint density at radius 1 is 1.32 bits per heavy atom. The third-order valence-corrected chi connectivity index (χ3v) is 4.26. The Morgan fingerprint density at radius 3 is 3.00 bits per heavy atom. The highest BCUT2D eigenvalue weighted by molar-refractivity contribution is 5.78. The van der Waals surface area contributed by atoms with Gasteiger partial charge in [0.2, 0.25) is 17.6 Å². The molecule has 8 heteroatoms. The zero-order chi connectivity index (χ0) is 17.6. The summed E-state index contributed by atoms with van der Waals surface area (Å²) in [4.78, 5) is 25.3. The van der Waals surface area contributed by atoms with Crippen molar-refractivity contribution >= 4 is 5.91 Å². The van der Waals surface area contributed by atoms with Crippen LogP contribution in [0.2, 0.25) is 0 Å². The Kier molecular flexibility index (Phi) is 5.72. The van der Waals surface area contributed by atoms with Crippen molar-refractivity contribution in [2.75, 3.05) is 39.8 Å². The summed E-state index contributed by atoms with van der Waals surface area (Å²) in [6.07, 6.45) is 2.76. The average Bonchev–Trinajstić information content (AvgIpc) is 3.02. The van der Waals surface area contributed by atoms with Gasteiger partial charge in [-0.2, -0.15) is 4.98 Å². The van der Waals surface area contributed by atoms with Crippen molar-refractivity contribution in [3.05, 3.63) is 30.3 Å². The van der Waals surface area contributed by atoms with E-state index in [2.05, 4.69) is 37.3 Å². The Bertz CT molecular complexity index is 689. The molecule has 0 aromatic carbocycles. The van der Waals surface area contributed by atoms with E-state index in [-0.39, 0.29) is 11.9 Å². The molecule has 0 aliphatic carbocycles. The van der Waals surface area contributed by atoms with Crippen LogP contribution in [0.25, 0.3) is 11.5 Å². The smallest absolute Gasteiger partial charge is 0.249 e. The molecule has 1 N–H and O–H groups in total. The lowest BCUT2D eigenvalue weighted by atomic mass is 10.3. The van der Waals surface area contributed by atoms with Crippen molar-refractivity contribution in [1.29, 1.82) is 0 Å². The Labute approximate surface area is 147 Å². The second-order valence-electron chi connectivity index (χ2n) is 6.39. The number of pyridine rings is 1. The highest BCUT2D eigenvalue weighted by atomic mass is 16.5. The Hall–Kier alpha value is -2.32. The maximum Gasteiger partial charge on any atom is 0.249 e. The standard InChI is InChI=1S/C17H24N6O2/c1-13(17-20-16(21-25-17)14-6-3-4-7-18-14)19-15(24)12-23-9-5-8-22(2)10-11-23/h3-4,6-7,13H,5,8-12H2,1-2H3,(H,19,24)/t13-/m1/s1. The number of likely N-dealkylation sites (N-methyl/N-ethyl adjacent to an activating group) is 1. The zero-order valence-corrected chi connectivity index (χ0v) is 14.7. The molecule has 25 heavy (non-hydrogen) atoms. The van der Waals surface area contributed by atoms with Crippen LogP contribution in [-0.4, -0.2) is 70.6 Å². The van der Waals surface area contributed by atoms with Gasteiger partial charge in [-0.3, -0.25) is 14.7 Å². The highest BCUT2D eigenvalue weighted by Gasteiger charge is 2.20. The van der Waals surface area contributed by atoms with Gasteiger partial charge in [-0.1, -0.05) is 11.2 Å². The van der Waals surface area contributed by atoms with Crippen LogP contribution in [0.1, 0.15) is 25.3 Å². The predicted molar refractivity (Wildman–Crippen MR) is 92.6 cm³/mol. The predicted octanol–water partition coefficient (Wildman–Crippen LogP) is 0.946. The van der Waals surface area contributed by atoms with E-state index < -0.39 is 0 Å². The van der Waals surface area contributed by atoms with Gasteiger partial charge in [-0.05, 0) is 45.6 Å². The molecule has 2 aromatic heterocycles. The topological polar surface area (TPSA) is 87.4 Å². The van der Waals surface area contributed by atoms with E-state index in [9.17, 15) is 4.79 Å². The lowest BCUT2D eigenvalue weighted by Crippen LogP contribution is -2.39. The first kappa shape index (κ1) is 17.5. The van der Waals surface area contributed by atoms with Crippen LogP contribution in [0.4, 0.5) is 0 Å². The van der Waals surface area contributed by atoms with Crippen molar-refractivity contribution in [2.45, 2.75) is 19.4 Å². The first-order valence-corrected chi connectivity index (χ1v) is 8.57. The number of aromatic nitrogens is 3. The molecule has 1 aliphatic heterocycles. The van der Waals surface area contributed by atoms with Crippen LogP contribution >= 0.6 is 0 Å². The fourth-order valence-electron chi connectivity index (χ4n) is 2.82. The van der Waals surface area contributed by atoms with Crippen LogP contribution < -0.4 is 5.32 Å². The van der Waals surface area contributed by atoms with Crippen molar-refractivity contribution < 1.29 is 9.32 Å². The van der Waals surface area contributed by atoms with Gasteiger partial charge >= 0.3 is 0 Å². The number of carbonyl (C=O) groups is 1. The summed E-state index contributed by atoms with van der Waals surface area (Å²) in [5.41, 5.74) is 0.643. The molecule has 1 fully saturated rings. The number of nitrogens with one attached hydrogen (secondary N) is 1. The number of hydrogen-bond donors (Lipinski definition) is 1. The monoisotopic (exact) mass is 344 g/mol. The van der Waals surface area contributed by atoms with E-state index in [4.69, 9.17) is 4.52 Å².